The lowest BCUT2D eigenvalue weighted by Gasteiger charge is -2.15. The monoisotopic (exact) mass is 418 g/mol. The van der Waals surface area contributed by atoms with Crippen LogP contribution in [-0.4, -0.2) is 31.3 Å². The summed E-state index contributed by atoms with van der Waals surface area (Å²) in [4.78, 5) is 43.5. The van der Waals surface area contributed by atoms with E-state index >= 15 is 0 Å². The Bertz CT molecular complexity index is 1340. The van der Waals surface area contributed by atoms with Crippen LogP contribution in [0, 0.1) is 0 Å². The molecule has 8 heteroatoms. The van der Waals surface area contributed by atoms with Crippen LogP contribution in [0.15, 0.2) is 76.6 Å². The quantitative estimate of drug-likeness (QED) is 0.449. The summed E-state index contributed by atoms with van der Waals surface area (Å²) in [6, 6.07) is 17.5. The third-order valence-electron chi connectivity index (χ3n) is 5.10. The minimum absolute atomic E-state index is 0.0975. The Morgan fingerprint density at radius 3 is 2.32 bits per heavy atom. The molecule has 8 nitrogen and oxygen atoms in total. The molecular weight excluding hydrogens is 396 g/mol. The van der Waals surface area contributed by atoms with Gasteiger partial charge in [-0.05, 0) is 31.5 Å². The molecule has 2 aromatic carbocycles. The molecule has 0 aliphatic carbocycles. The van der Waals surface area contributed by atoms with Crippen LogP contribution >= 0.6 is 0 Å². The van der Waals surface area contributed by atoms with E-state index in [2.05, 4.69) is 4.98 Å². The Morgan fingerprint density at radius 2 is 1.68 bits per heavy atom. The molecule has 0 spiro atoms. The maximum Gasteiger partial charge on any atom is 0.337 e. The largest absolute Gasteiger partial charge is 0.464 e. The lowest BCUT2D eigenvalue weighted by molar-refractivity contribution is -0.146. The van der Waals surface area contributed by atoms with Crippen LogP contribution in [0.3, 0.4) is 0 Å². The molecule has 0 bridgehead atoms. The molecule has 4 aromatic rings. The van der Waals surface area contributed by atoms with Gasteiger partial charge in [0.05, 0.1) is 25.2 Å². The van der Waals surface area contributed by atoms with Crippen molar-refractivity contribution in [2.24, 2.45) is 0 Å². The third-order valence-corrected chi connectivity index (χ3v) is 5.10. The van der Waals surface area contributed by atoms with E-state index in [1.807, 2.05) is 36.4 Å². The summed E-state index contributed by atoms with van der Waals surface area (Å²) in [5.74, 6) is -0.478. The highest BCUT2D eigenvalue weighted by Crippen LogP contribution is 2.18. The van der Waals surface area contributed by atoms with Crippen LogP contribution in [0.1, 0.15) is 25.5 Å². The summed E-state index contributed by atoms with van der Waals surface area (Å²) in [5.41, 5.74) is 0.742. The highest BCUT2D eigenvalue weighted by atomic mass is 16.5. The van der Waals surface area contributed by atoms with Crippen LogP contribution in [0.5, 0.6) is 0 Å². The molecule has 0 amide bonds. The van der Waals surface area contributed by atoms with Crippen molar-refractivity contribution >= 4 is 17.1 Å². The van der Waals surface area contributed by atoms with Crippen molar-refractivity contribution < 1.29 is 9.53 Å². The van der Waals surface area contributed by atoms with Gasteiger partial charge in [-0.25, -0.2) is 19.1 Å². The van der Waals surface area contributed by atoms with Gasteiger partial charge in [0.15, 0.2) is 11.2 Å². The van der Waals surface area contributed by atoms with Crippen LogP contribution in [0.2, 0.25) is 0 Å². The van der Waals surface area contributed by atoms with Crippen molar-refractivity contribution in [3.8, 4) is 5.69 Å². The molecule has 0 aliphatic heterocycles. The Balaban J connectivity index is 2.01. The molecule has 1 atom stereocenters. The van der Waals surface area contributed by atoms with Crippen molar-refractivity contribution in [2.75, 3.05) is 6.61 Å². The topological polar surface area (TPSA) is 88.1 Å². The second kappa shape index (κ2) is 8.43. The zero-order chi connectivity index (χ0) is 22.0. The predicted octanol–water partition coefficient (Wildman–Crippen LogP) is 2.52. The fourth-order valence-electron chi connectivity index (χ4n) is 3.53. The number of esters is 1. The first kappa shape index (κ1) is 20.3. The van der Waals surface area contributed by atoms with Crippen molar-refractivity contribution in [1.82, 2.24) is 18.7 Å². The number of aromatic nitrogens is 4. The van der Waals surface area contributed by atoms with E-state index < -0.39 is 23.3 Å². The van der Waals surface area contributed by atoms with E-state index in [1.54, 1.807) is 38.1 Å². The first-order valence-corrected chi connectivity index (χ1v) is 10.0. The zero-order valence-electron chi connectivity index (χ0n) is 17.3. The van der Waals surface area contributed by atoms with Crippen LogP contribution < -0.4 is 11.2 Å². The van der Waals surface area contributed by atoms with E-state index in [-0.39, 0.29) is 24.3 Å². The Morgan fingerprint density at radius 1 is 1.03 bits per heavy atom. The van der Waals surface area contributed by atoms with Gasteiger partial charge in [0.1, 0.15) is 6.04 Å². The molecule has 0 saturated heterocycles. The summed E-state index contributed by atoms with van der Waals surface area (Å²) < 4.78 is 9.15. The van der Waals surface area contributed by atoms with Gasteiger partial charge in [0, 0.05) is 0 Å². The summed E-state index contributed by atoms with van der Waals surface area (Å²) in [5, 5.41) is 0. The maximum absolute atomic E-state index is 13.4. The number of fused-ring (bicyclic) bond motifs is 1. The number of imidazole rings is 1. The fraction of sp³-hybridized carbons (Fsp3) is 0.217. The number of ether oxygens (including phenoxy) is 1. The average Bonchev–Trinajstić information content (AvgIpc) is 3.22. The summed E-state index contributed by atoms with van der Waals surface area (Å²) in [7, 11) is 0. The second-order valence-corrected chi connectivity index (χ2v) is 7.08. The van der Waals surface area contributed by atoms with E-state index in [9.17, 15) is 14.4 Å². The van der Waals surface area contributed by atoms with E-state index in [1.165, 1.54) is 20.0 Å². The minimum atomic E-state index is -0.774. The molecule has 31 heavy (non-hydrogen) atoms. The SMILES string of the molecule is CCOC(=O)[C@H](C)n1cnc2c1c(=O)n(Cc1ccccc1)c(=O)n2-c1ccccc1. The number of carbonyl (C=O) groups is 1. The molecule has 0 fully saturated rings. The average molecular weight is 418 g/mol. The molecular formula is C23H22N4O4. The normalized spacial score (nSPS) is 12.1. The number of benzene rings is 2. The Hall–Kier alpha value is -3.94. The van der Waals surface area contributed by atoms with E-state index in [0.29, 0.717) is 5.69 Å². The van der Waals surface area contributed by atoms with Gasteiger partial charge in [-0.1, -0.05) is 48.5 Å². The highest BCUT2D eigenvalue weighted by molar-refractivity contribution is 5.79. The minimum Gasteiger partial charge on any atom is -0.464 e. The van der Waals surface area contributed by atoms with E-state index in [4.69, 9.17) is 4.74 Å². The summed E-state index contributed by atoms with van der Waals surface area (Å²) >= 11 is 0. The molecule has 0 N–H and O–H groups in total. The van der Waals surface area contributed by atoms with Crippen LogP contribution in [0.25, 0.3) is 16.9 Å². The molecule has 0 aliphatic rings. The highest BCUT2D eigenvalue weighted by Gasteiger charge is 2.24. The molecule has 2 heterocycles. The number of hydrogen-bond acceptors (Lipinski definition) is 5. The van der Waals surface area contributed by atoms with Gasteiger partial charge in [-0.2, -0.15) is 0 Å². The summed E-state index contributed by atoms with van der Waals surface area (Å²) in [6.45, 7) is 3.68. The molecule has 0 saturated carbocycles. The smallest absolute Gasteiger partial charge is 0.337 e. The molecule has 2 aromatic heterocycles. The van der Waals surface area contributed by atoms with Gasteiger partial charge in [-0.15, -0.1) is 0 Å². The van der Waals surface area contributed by atoms with Gasteiger partial charge >= 0.3 is 11.7 Å². The standard InChI is InChI=1S/C23H22N4O4/c1-3-31-22(29)16(2)26-15-24-20-19(26)21(28)25(14-17-10-6-4-7-11-17)23(30)27(20)18-12-8-5-9-13-18/h4-13,15-16H,3,14H2,1-2H3/t16-/m0/s1. The lowest BCUT2D eigenvalue weighted by atomic mass is 10.2. The number of nitrogens with zero attached hydrogens (tertiary/aromatic N) is 4. The molecule has 0 radical (unpaired) electrons. The molecule has 0 unspecified atom stereocenters. The van der Waals surface area contributed by atoms with Crippen molar-refractivity contribution in [3.63, 3.8) is 0 Å². The maximum atomic E-state index is 13.4. The van der Waals surface area contributed by atoms with Crippen LogP contribution in [-0.2, 0) is 16.1 Å². The van der Waals surface area contributed by atoms with Gasteiger partial charge in [-0.3, -0.25) is 9.36 Å². The van der Waals surface area contributed by atoms with E-state index in [0.717, 1.165) is 5.56 Å². The number of hydrogen-bond donors (Lipinski definition) is 0. The lowest BCUT2D eigenvalue weighted by Crippen LogP contribution is -2.40. The Labute approximate surface area is 178 Å². The van der Waals surface area contributed by atoms with Crippen molar-refractivity contribution in [3.05, 3.63) is 93.4 Å². The first-order valence-electron chi connectivity index (χ1n) is 10.0. The first-order chi connectivity index (χ1) is 15.0. The molecule has 4 rings (SSSR count). The Kier molecular flexibility index (Phi) is 5.53. The number of para-hydroxylation sites is 1. The van der Waals surface area contributed by atoms with Crippen LogP contribution in [0.4, 0.5) is 0 Å². The second-order valence-electron chi connectivity index (χ2n) is 7.08. The zero-order valence-corrected chi connectivity index (χ0v) is 17.3. The summed E-state index contributed by atoms with van der Waals surface area (Å²) in [6.07, 6.45) is 1.40. The predicted molar refractivity (Wildman–Crippen MR) is 116 cm³/mol. The molecule has 158 valence electrons. The fourth-order valence-corrected chi connectivity index (χ4v) is 3.53. The van der Waals surface area contributed by atoms with Gasteiger partial charge in [0.2, 0.25) is 0 Å². The van der Waals surface area contributed by atoms with Crippen molar-refractivity contribution in [2.45, 2.75) is 26.4 Å². The third kappa shape index (κ3) is 3.68. The number of rotatable bonds is 6. The van der Waals surface area contributed by atoms with Crippen molar-refractivity contribution in [1.29, 1.82) is 0 Å². The number of carbonyl (C=O) groups excluding carboxylic acids is 1. The van der Waals surface area contributed by atoms with Gasteiger partial charge in [0.25, 0.3) is 5.56 Å². The van der Waals surface area contributed by atoms with Gasteiger partial charge < -0.3 is 9.30 Å².